The normalized spacial score (nSPS) is 23.7. The van der Waals surface area contributed by atoms with E-state index in [0.29, 0.717) is 13.2 Å². The summed E-state index contributed by atoms with van der Waals surface area (Å²) in [5.41, 5.74) is 1.20. The third-order valence-electron chi connectivity index (χ3n) is 3.51. The van der Waals surface area contributed by atoms with Gasteiger partial charge in [0.05, 0.1) is 0 Å². The standard InChI is InChI=1S/C14H19NO3/c1-17-10-13-8-9-14(11-18-2,15(13)16)12-6-4-3-5-7-12/h3-7H,8-11H2,1-2H3/t14-/m0/s1. The predicted molar refractivity (Wildman–Crippen MR) is 69.7 cm³/mol. The largest absolute Gasteiger partial charge is 0.623 e. The first-order valence-electron chi connectivity index (χ1n) is 6.10. The molecule has 1 atom stereocenters. The van der Waals surface area contributed by atoms with Crippen molar-refractivity contribution in [1.29, 1.82) is 0 Å². The minimum atomic E-state index is -0.593. The first-order chi connectivity index (χ1) is 8.74. The number of hydrogen-bond donors (Lipinski definition) is 0. The van der Waals surface area contributed by atoms with Crippen molar-refractivity contribution in [2.45, 2.75) is 18.4 Å². The van der Waals surface area contributed by atoms with Gasteiger partial charge < -0.3 is 14.7 Å². The fourth-order valence-electron chi connectivity index (χ4n) is 2.62. The Balaban J connectivity index is 2.41. The Bertz CT molecular complexity index is 430. The second-order valence-corrected chi connectivity index (χ2v) is 4.62. The van der Waals surface area contributed by atoms with Crippen LogP contribution in [0.5, 0.6) is 0 Å². The van der Waals surface area contributed by atoms with Crippen molar-refractivity contribution < 1.29 is 14.2 Å². The van der Waals surface area contributed by atoms with Crippen LogP contribution < -0.4 is 0 Å². The summed E-state index contributed by atoms with van der Waals surface area (Å²) in [5, 5.41) is 12.5. The molecule has 1 aliphatic rings. The molecular weight excluding hydrogens is 230 g/mol. The number of hydrogen-bond acceptors (Lipinski definition) is 3. The van der Waals surface area contributed by atoms with Crippen molar-refractivity contribution >= 4 is 5.71 Å². The summed E-state index contributed by atoms with van der Waals surface area (Å²) >= 11 is 0. The van der Waals surface area contributed by atoms with Gasteiger partial charge in [-0.3, -0.25) is 0 Å². The summed E-state index contributed by atoms with van der Waals surface area (Å²) in [5.74, 6) is 0. The molecule has 0 aliphatic carbocycles. The molecule has 1 aromatic carbocycles. The number of rotatable bonds is 5. The van der Waals surface area contributed by atoms with Crippen molar-refractivity contribution in [3.8, 4) is 0 Å². The SMILES string of the molecule is COCC1=[N+]([O-])[C@@](COC)(c2ccccc2)CC1. The summed E-state index contributed by atoms with van der Waals surface area (Å²) < 4.78 is 11.5. The van der Waals surface area contributed by atoms with Gasteiger partial charge in [-0.1, -0.05) is 30.3 Å². The van der Waals surface area contributed by atoms with Gasteiger partial charge in [-0.15, -0.1) is 0 Å². The molecule has 4 nitrogen and oxygen atoms in total. The lowest BCUT2D eigenvalue weighted by atomic mass is 9.88. The molecule has 2 rings (SSSR count). The van der Waals surface area contributed by atoms with E-state index in [2.05, 4.69) is 0 Å². The topological polar surface area (TPSA) is 44.5 Å². The lowest BCUT2D eigenvalue weighted by molar-refractivity contribution is -0.556. The van der Waals surface area contributed by atoms with E-state index < -0.39 is 5.54 Å². The van der Waals surface area contributed by atoms with Crippen LogP contribution in [-0.4, -0.2) is 37.9 Å². The van der Waals surface area contributed by atoms with Gasteiger partial charge >= 0.3 is 0 Å². The first kappa shape index (κ1) is 13.1. The van der Waals surface area contributed by atoms with Gasteiger partial charge in [-0.2, -0.15) is 4.74 Å². The van der Waals surface area contributed by atoms with Gasteiger partial charge in [0, 0.05) is 32.6 Å². The summed E-state index contributed by atoms with van der Waals surface area (Å²) in [6.45, 7) is 0.787. The van der Waals surface area contributed by atoms with Crippen molar-refractivity contribution in [3.05, 3.63) is 41.1 Å². The van der Waals surface area contributed by atoms with E-state index in [0.717, 1.165) is 28.9 Å². The maximum absolute atomic E-state index is 12.5. The fourth-order valence-corrected chi connectivity index (χ4v) is 2.62. The smallest absolute Gasteiger partial charge is 0.221 e. The van der Waals surface area contributed by atoms with Crippen LogP contribution in [0.3, 0.4) is 0 Å². The molecule has 0 N–H and O–H groups in total. The van der Waals surface area contributed by atoms with E-state index in [1.54, 1.807) is 14.2 Å². The highest BCUT2D eigenvalue weighted by atomic mass is 16.5. The van der Waals surface area contributed by atoms with Gasteiger partial charge in [0.1, 0.15) is 13.2 Å². The van der Waals surface area contributed by atoms with Crippen molar-refractivity contribution in [2.75, 3.05) is 27.4 Å². The fraction of sp³-hybridized carbons (Fsp3) is 0.500. The van der Waals surface area contributed by atoms with Crippen LogP contribution in [0.4, 0.5) is 0 Å². The molecule has 0 radical (unpaired) electrons. The number of benzene rings is 1. The van der Waals surface area contributed by atoms with Gasteiger partial charge in [-0.25, -0.2) is 0 Å². The van der Waals surface area contributed by atoms with Gasteiger partial charge in [0.2, 0.25) is 5.54 Å². The van der Waals surface area contributed by atoms with Gasteiger partial charge in [0.25, 0.3) is 0 Å². The maximum Gasteiger partial charge on any atom is 0.221 e. The number of nitrogens with zero attached hydrogens (tertiary/aromatic N) is 1. The molecule has 1 aliphatic heterocycles. The zero-order valence-electron chi connectivity index (χ0n) is 10.9. The monoisotopic (exact) mass is 249 g/mol. The second-order valence-electron chi connectivity index (χ2n) is 4.62. The van der Waals surface area contributed by atoms with E-state index in [4.69, 9.17) is 9.47 Å². The van der Waals surface area contributed by atoms with Crippen LogP contribution in [0.15, 0.2) is 30.3 Å². The van der Waals surface area contributed by atoms with Crippen LogP contribution >= 0.6 is 0 Å². The predicted octanol–water partition coefficient (Wildman–Crippen LogP) is 1.92. The highest BCUT2D eigenvalue weighted by Gasteiger charge is 2.47. The molecule has 18 heavy (non-hydrogen) atoms. The van der Waals surface area contributed by atoms with Crippen LogP contribution in [-0.2, 0) is 15.0 Å². The summed E-state index contributed by atoms with van der Waals surface area (Å²) in [6, 6.07) is 9.83. The highest BCUT2D eigenvalue weighted by Crippen LogP contribution is 2.35. The van der Waals surface area contributed by atoms with Crippen molar-refractivity contribution in [2.24, 2.45) is 0 Å². The number of methoxy groups -OCH3 is 2. The molecule has 0 fully saturated rings. The Kier molecular flexibility index (Phi) is 3.99. The molecule has 0 amide bonds. The molecule has 0 spiro atoms. The lowest BCUT2D eigenvalue weighted by Crippen LogP contribution is -2.39. The van der Waals surface area contributed by atoms with E-state index >= 15 is 0 Å². The van der Waals surface area contributed by atoms with Crippen molar-refractivity contribution in [1.82, 2.24) is 0 Å². The molecule has 0 unspecified atom stereocenters. The van der Waals surface area contributed by atoms with Crippen molar-refractivity contribution in [3.63, 3.8) is 0 Å². The maximum atomic E-state index is 12.5. The summed E-state index contributed by atoms with van der Waals surface area (Å²) in [7, 11) is 3.24. The zero-order chi connectivity index (χ0) is 13.0. The summed E-state index contributed by atoms with van der Waals surface area (Å²) in [4.78, 5) is 0. The van der Waals surface area contributed by atoms with Crippen LogP contribution in [0.1, 0.15) is 18.4 Å². The van der Waals surface area contributed by atoms with E-state index in [1.807, 2.05) is 30.3 Å². The molecule has 0 bridgehead atoms. The number of hydroxylamine groups is 1. The van der Waals surface area contributed by atoms with E-state index in [9.17, 15) is 5.21 Å². The number of ether oxygens (including phenoxy) is 2. The molecule has 0 saturated carbocycles. The lowest BCUT2D eigenvalue weighted by Gasteiger charge is -2.27. The molecule has 4 heteroatoms. The molecule has 98 valence electrons. The molecular formula is C14H19NO3. The Morgan fingerprint density at radius 2 is 1.94 bits per heavy atom. The Hall–Kier alpha value is -1.39. The first-order valence-corrected chi connectivity index (χ1v) is 6.10. The molecule has 1 aromatic rings. The Morgan fingerprint density at radius 1 is 1.22 bits per heavy atom. The van der Waals surface area contributed by atoms with Gasteiger partial charge in [0.15, 0.2) is 5.71 Å². The van der Waals surface area contributed by atoms with Crippen LogP contribution in [0.25, 0.3) is 0 Å². The Labute approximate surface area is 107 Å². The quantitative estimate of drug-likeness (QED) is 0.591. The van der Waals surface area contributed by atoms with Gasteiger partial charge in [-0.05, 0) is 0 Å². The summed E-state index contributed by atoms with van der Waals surface area (Å²) in [6.07, 6.45) is 1.53. The van der Waals surface area contributed by atoms with Crippen LogP contribution in [0, 0.1) is 5.21 Å². The van der Waals surface area contributed by atoms with Crippen LogP contribution in [0.2, 0.25) is 0 Å². The Morgan fingerprint density at radius 3 is 2.56 bits per heavy atom. The third kappa shape index (κ3) is 2.13. The second kappa shape index (κ2) is 5.50. The average molecular weight is 249 g/mol. The highest BCUT2D eigenvalue weighted by molar-refractivity contribution is 5.82. The molecule has 1 heterocycles. The minimum absolute atomic E-state index is 0.391. The van der Waals surface area contributed by atoms with E-state index in [-0.39, 0.29) is 0 Å². The van der Waals surface area contributed by atoms with E-state index in [1.165, 1.54) is 0 Å². The zero-order valence-corrected chi connectivity index (χ0v) is 10.9. The minimum Gasteiger partial charge on any atom is -0.623 e. The molecule has 0 saturated heterocycles. The third-order valence-corrected chi connectivity index (χ3v) is 3.51. The molecule has 0 aromatic heterocycles. The average Bonchev–Trinajstić information content (AvgIpc) is 2.71.